The molecule has 2 aliphatic rings. The first-order valence-corrected chi connectivity index (χ1v) is 13.0. The first-order valence-electron chi connectivity index (χ1n) is 12.3. The number of hydrogen-bond donors (Lipinski definition) is 2. The lowest BCUT2D eigenvalue weighted by Crippen LogP contribution is -2.45. The highest BCUT2D eigenvalue weighted by Gasteiger charge is 2.52. The second kappa shape index (κ2) is 10.4. The van der Waals surface area contributed by atoms with Crippen LogP contribution in [-0.2, 0) is 16.6 Å². The first-order chi connectivity index (χ1) is 18.5. The van der Waals surface area contributed by atoms with Gasteiger partial charge in [-0.15, -0.1) is 0 Å². The van der Waals surface area contributed by atoms with Crippen LogP contribution in [0.5, 0.6) is 0 Å². The maximum atomic E-state index is 13.6. The normalized spacial score (nSPS) is 23.0. The lowest BCUT2D eigenvalue weighted by molar-refractivity contribution is -0.141. The topological polar surface area (TPSA) is 95.4 Å². The van der Waals surface area contributed by atoms with Crippen molar-refractivity contribution in [2.24, 2.45) is 5.92 Å². The van der Waals surface area contributed by atoms with Gasteiger partial charge in [-0.05, 0) is 55.9 Å². The summed E-state index contributed by atoms with van der Waals surface area (Å²) in [6, 6.07) is 10.7. The van der Waals surface area contributed by atoms with Crippen LogP contribution in [0.15, 0.2) is 54.9 Å². The summed E-state index contributed by atoms with van der Waals surface area (Å²) < 4.78 is 40.0. The average Bonchev–Trinajstić information content (AvgIpc) is 3.12. The number of alkyl halides is 3. The van der Waals surface area contributed by atoms with E-state index in [2.05, 4.69) is 15.3 Å². The van der Waals surface area contributed by atoms with E-state index in [1.807, 2.05) is 0 Å². The van der Waals surface area contributed by atoms with Gasteiger partial charge in [0, 0.05) is 30.5 Å². The van der Waals surface area contributed by atoms with Crippen LogP contribution in [0.25, 0.3) is 0 Å². The van der Waals surface area contributed by atoms with Crippen LogP contribution < -0.4 is 10.2 Å². The molecule has 7 nitrogen and oxygen atoms in total. The third-order valence-electron chi connectivity index (χ3n) is 7.23. The Morgan fingerprint density at radius 2 is 1.74 bits per heavy atom. The summed E-state index contributed by atoms with van der Waals surface area (Å²) in [5, 5.41) is 14.6. The van der Waals surface area contributed by atoms with Gasteiger partial charge in [0.05, 0.1) is 27.0 Å². The third kappa shape index (κ3) is 5.20. The Bertz CT molecular complexity index is 1410. The molecule has 0 saturated heterocycles. The SMILES string of the molecule is O=C(N[C@H]1CC[C@H](CN2C(=O)C(O)(c3ccc(Cl)cn3)c3ccccc32)CC1)c1cc(Cl)cnc1C(F)(F)F. The minimum Gasteiger partial charge on any atom is -0.370 e. The molecule has 0 bridgehead atoms. The Kier molecular flexibility index (Phi) is 7.30. The van der Waals surface area contributed by atoms with Crippen molar-refractivity contribution in [1.29, 1.82) is 0 Å². The zero-order chi connectivity index (χ0) is 27.9. The molecule has 0 radical (unpaired) electrons. The minimum absolute atomic E-state index is 0.0502. The predicted octanol–water partition coefficient (Wildman–Crippen LogP) is 5.37. The van der Waals surface area contributed by atoms with Gasteiger partial charge in [-0.1, -0.05) is 41.4 Å². The number of carbonyl (C=O) groups is 2. The van der Waals surface area contributed by atoms with Crippen molar-refractivity contribution < 1.29 is 27.9 Å². The third-order valence-corrected chi connectivity index (χ3v) is 7.66. The van der Waals surface area contributed by atoms with Crippen LogP contribution in [0.1, 0.15) is 53.0 Å². The van der Waals surface area contributed by atoms with Gasteiger partial charge in [0.2, 0.25) is 5.60 Å². The fourth-order valence-electron chi connectivity index (χ4n) is 5.30. The van der Waals surface area contributed by atoms with Crippen molar-refractivity contribution in [3.8, 4) is 0 Å². The molecule has 2 aromatic heterocycles. The lowest BCUT2D eigenvalue weighted by Gasteiger charge is -2.32. The van der Waals surface area contributed by atoms with Crippen LogP contribution in [0.2, 0.25) is 10.0 Å². The summed E-state index contributed by atoms with van der Waals surface area (Å²) >= 11 is 11.7. The van der Waals surface area contributed by atoms with Crippen molar-refractivity contribution in [3.63, 3.8) is 0 Å². The molecule has 204 valence electrons. The van der Waals surface area contributed by atoms with E-state index in [0.29, 0.717) is 48.5 Å². The van der Waals surface area contributed by atoms with Gasteiger partial charge in [-0.25, -0.2) is 4.98 Å². The highest BCUT2D eigenvalue weighted by molar-refractivity contribution is 6.31. The number of hydrogen-bond acceptors (Lipinski definition) is 5. The van der Waals surface area contributed by atoms with E-state index < -0.39 is 34.8 Å². The maximum absolute atomic E-state index is 13.6. The molecule has 1 unspecified atom stereocenters. The Morgan fingerprint density at radius 1 is 1.05 bits per heavy atom. The fourth-order valence-corrected chi connectivity index (χ4v) is 5.57. The summed E-state index contributed by atoms with van der Waals surface area (Å²) in [4.78, 5) is 35.4. The number of fused-ring (bicyclic) bond motifs is 1. The Morgan fingerprint density at radius 3 is 2.41 bits per heavy atom. The van der Waals surface area contributed by atoms with Crippen LogP contribution in [0.3, 0.4) is 0 Å². The number of nitrogens with one attached hydrogen (secondary N) is 1. The molecule has 1 aliphatic heterocycles. The number of nitrogens with zero attached hydrogens (tertiary/aromatic N) is 3. The van der Waals surface area contributed by atoms with Gasteiger partial charge in [0.25, 0.3) is 11.8 Å². The van der Waals surface area contributed by atoms with Crippen LogP contribution in [0.4, 0.5) is 18.9 Å². The molecule has 2 amide bonds. The average molecular weight is 579 g/mol. The zero-order valence-corrected chi connectivity index (χ0v) is 21.9. The predicted molar refractivity (Wildman–Crippen MR) is 139 cm³/mol. The number of aliphatic hydroxyl groups is 1. The van der Waals surface area contributed by atoms with Crippen molar-refractivity contribution in [2.45, 2.75) is 43.5 Å². The van der Waals surface area contributed by atoms with Crippen LogP contribution in [0, 0.1) is 5.92 Å². The standard InChI is InChI=1S/C27H23Cl2F3N4O3/c28-16-7-10-22(33-12-16)26(39)20-3-1-2-4-21(20)36(25(26)38)14-15-5-8-18(9-6-15)35-24(37)19-11-17(29)13-34-23(19)27(30,31)32/h1-4,7,10-13,15,18,39H,5-6,8-9,14H2,(H,35,37)/t15-,18-,26?. The number of carbonyl (C=O) groups excluding carboxylic acids is 2. The number of rotatable bonds is 5. The molecule has 39 heavy (non-hydrogen) atoms. The van der Waals surface area contributed by atoms with E-state index in [1.165, 1.54) is 12.3 Å². The fraction of sp³-hybridized carbons (Fsp3) is 0.333. The number of aromatic nitrogens is 2. The van der Waals surface area contributed by atoms with E-state index in [0.717, 1.165) is 12.3 Å². The largest absolute Gasteiger partial charge is 0.434 e. The van der Waals surface area contributed by atoms with E-state index in [1.54, 1.807) is 35.2 Å². The second-order valence-electron chi connectivity index (χ2n) is 9.74. The number of amides is 2. The molecule has 1 aromatic carbocycles. The molecular formula is C27H23Cl2F3N4O3. The number of benzene rings is 1. The summed E-state index contributed by atoms with van der Waals surface area (Å²) in [5.41, 5.74) is -2.66. The highest BCUT2D eigenvalue weighted by atomic mass is 35.5. The molecule has 12 heteroatoms. The Labute approximate surface area is 232 Å². The van der Waals surface area contributed by atoms with Gasteiger partial charge in [-0.3, -0.25) is 14.6 Å². The Balaban J connectivity index is 1.27. The second-order valence-corrected chi connectivity index (χ2v) is 10.6. The molecule has 3 heterocycles. The van der Waals surface area contributed by atoms with Gasteiger partial charge in [0.1, 0.15) is 0 Å². The summed E-state index contributed by atoms with van der Waals surface area (Å²) in [5.74, 6) is -1.35. The monoisotopic (exact) mass is 578 g/mol. The molecule has 1 saturated carbocycles. The maximum Gasteiger partial charge on any atom is 0.434 e. The van der Waals surface area contributed by atoms with E-state index in [4.69, 9.17) is 23.2 Å². The van der Waals surface area contributed by atoms with Crippen LogP contribution >= 0.6 is 23.2 Å². The lowest BCUT2D eigenvalue weighted by atomic mass is 9.85. The molecule has 2 N–H and O–H groups in total. The molecule has 0 spiro atoms. The number of para-hydroxylation sites is 1. The van der Waals surface area contributed by atoms with Gasteiger partial charge in [0.15, 0.2) is 5.69 Å². The van der Waals surface area contributed by atoms with E-state index >= 15 is 0 Å². The van der Waals surface area contributed by atoms with Crippen molar-refractivity contribution >= 4 is 40.7 Å². The molecule has 1 fully saturated rings. The highest BCUT2D eigenvalue weighted by Crippen LogP contribution is 2.44. The molecule has 1 aliphatic carbocycles. The summed E-state index contributed by atoms with van der Waals surface area (Å²) in [7, 11) is 0. The molecule has 1 atom stereocenters. The quantitative estimate of drug-likeness (QED) is 0.424. The Hall–Kier alpha value is -3.21. The smallest absolute Gasteiger partial charge is 0.370 e. The van der Waals surface area contributed by atoms with Crippen molar-refractivity contribution in [2.75, 3.05) is 11.4 Å². The van der Waals surface area contributed by atoms with Gasteiger partial charge < -0.3 is 15.3 Å². The first kappa shape index (κ1) is 27.4. The van der Waals surface area contributed by atoms with E-state index in [9.17, 15) is 27.9 Å². The van der Waals surface area contributed by atoms with Crippen molar-refractivity contribution in [3.05, 3.63) is 87.4 Å². The summed E-state index contributed by atoms with van der Waals surface area (Å²) in [6.45, 7) is 0.336. The summed E-state index contributed by atoms with van der Waals surface area (Å²) in [6.07, 6.45) is -0.301. The van der Waals surface area contributed by atoms with Crippen molar-refractivity contribution in [1.82, 2.24) is 15.3 Å². The number of anilines is 1. The molecule has 3 aromatic rings. The van der Waals surface area contributed by atoms with Gasteiger partial charge >= 0.3 is 6.18 Å². The van der Waals surface area contributed by atoms with Crippen LogP contribution in [-0.4, -0.2) is 39.5 Å². The van der Waals surface area contributed by atoms with Gasteiger partial charge in [-0.2, -0.15) is 13.2 Å². The molecule has 5 rings (SSSR count). The molecular weight excluding hydrogens is 556 g/mol. The zero-order valence-electron chi connectivity index (χ0n) is 20.4. The number of pyridine rings is 2. The number of halogens is 5. The van der Waals surface area contributed by atoms with E-state index in [-0.39, 0.29) is 22.7 Å². The minimum atomic E-state index is -4.79.